The number of rotatable bonds is 5. The molecule has 0 saturated heterocycles. The molecular formula is C63H64N3Pt-3. The van der Waals surface area contributed by atoms with Crippen LogP contribution in [0.25, 0.3) is 22.3 Å². The van der Waals surface area contributed by atoms with Crippen molar-refractivity contribution in [2.24, 2.45) is 0 Å². The zero-order valence-electron chi connectivity index (χ0n) is 41.6. The van der Waals surface area contributed by atoms with Gasteiger partial charge in [-0.3, -0.25) is 4.98 Å². The van der Waals surface area contributed by atoms with Crippen LogP contribution in [0.5, 0.6) is 0 Å². The van der Waals surface area contributed by atoms with Gasteiger partial charge >= 0.3 is 0 Å². The second kappa shape index (κ2) is 16.1. The fourth-order valence-corrected chi connectivity index (χ4v) is 10.8. The van der Waals surface area contributed by atoms with E-state index in [2.05, 4.69) is 265 Å². The summed E-state index contributed by atoms with van der Waals surface area (Å²) in [5.41, 5.74) is 18.3. The number of nitrogens with zero attached hydrogens (tertiary/aromatic N) is 3. The molecule has 2 aliphatic carbocycles. The van der Waals surface area contributed by atoms with Gasteiger partial charge in [-0.25, -0.2) is 0 Å². The number of hydrogen-bond donors (Lipinski definition) is 0. The Morgan fingerprint density at radius 1 is 0.463 bits per heavy atom. The van der Waals surface area contributed by atoms with Crippen molar-refractivity contribution < 1.29 is 21.1 Å². The van der Waals surface area contributed by atoms with Gasteiger partial charge in [-0.05, 0) is 120 Å². The van der Waals surface area contributed by atoms with Crippen LogP contribution in [-0.4, -0.2) is 16.9 Å². The molecule has 3 nitrogen and oxygen atoms in total. The Labute approximate surface area is 415 Å². The predicted molar refractivity (Wildman–Crippen MR) is 275 cm³/mol. The third-order valence-corrected chi connectivity index (χ3v) is 14.6. The molecule has 6 aromatic carbocycles. The Hall–Kier alpha value is -5.50. The summed E-state index contributed by atoms with van der Waals surface area (Å²) in [6.07, 6.45) is 4.19. The van der Waals surface area contributed by atoms with Crippen molar-refractivity contribution in [3.63, 3.8) is 0 Å². The van der Waals surface area contributed by atoms with Crippen molar-refractivity contribution >= 4 is 5.69 Å². The van der Waals surface area contributed by atoms with Gasteiger partial charge in [0.25, 0.3) is 0 Å². The minimum Gasteiger partial charge on any atom is -0.510 e. The SMILES string of the molecule is CN1C=CN(c2[c-]c(C3(c4cccc(C5(c6[c-]cccc6)c6cc(C(C)(C)C)ccc6-c6ccc(C(C)(C)C)cc65)n4)c4cc(C(C)(C)C)ccc4-c4ccc(C(C)(C)C)cc43)ccc2)[CH-]1.[Pt]. The minimum atomic E-state index is -0.832. The first-order valence-corrected chi connectivity index (χ1v) is 23.8. The van der Waals surface area contributed by atoms with Crippen molar-refractivity contribution in [3.8, 4) is 22.3 Å². The number of pyridine rings is 1. The van der Waals surface area contributed by atoms with Crippen molar-refractivity contribution in [1.82, 2.24) is 9.88 Å². The molecule has 1 aliphatic heterocycles. The largest absolute Gasteiger partial charge is 0.510 e. The average Bonchev–Trinajstić information content (AvgIpc) is 3.94. The molecule has 344 valence electrons. The number of benzene rings is 6. The van der Waals surface area contributed by atoms with E-state index in [1.165, 1.54) is 66.8 Å². The van der Waals surface area contributed by atoms with Crippen LogP contribution in [0, 0.1) is 18.8 Å². The summed E-state index contributed by atoms with van der Waals surface area (Å²) in [6, 6.07) is 58.8. The normalized spacial score (nSPS) is 15.8. The van der Waals surface area contributed by atoms with Crippen LogP contribution in [-0.2, 0) is 53.6 Å². The van der Waals surface area contributed by atoms with E-state index in [1.807, 2.05) is 0 Å². The number of aromatic nitrogens is 1. The summed E-state index contributed by atoms with van der Waals surface area (Å²) < 4.78 is 0. The quantitative estimate of drug-likeness (QED) is 0.160. The van der Waals surface area contributed by atoms with Crippen molar-refractivity contribution in [2.45, 2.75) is 116 Å². The van der Waals surface area contributed by atoms with E-state index in [9.17, 15) is 0 Å². The van der Waals surface area contributed by atoms with Crippen molar-refractivity contribution in [3.05, 3.63) is 232 Å². The molecule has 3 aliphatic rings. The van der Waals surface area contributed by atoms with Gasteiger partial charge in [-0.15, -0.1) is 16.8 Å². The fourth-order valence-electron chi connectivity index (χ4n) is 10.8. The molecule has 0 fully saturated rings. The molecular weight excluding hydrogens is 994 g/mol. The minimum absolute atomic E-state index is 0. The van der Waals surface area contributed by atoms with Crippen molar-refractivity contribution in [1.29, 1.82) is 0 Å². The Morgan fingerprint density at radius 2 is 0.866 bits per heavy atom. The first kappa shape index (κ1) is 46.6. The van der Waals surface area contributed by atoms with Crippen LogP contribution in [0.15, 0.2) is 146 Å². The average molecular weight is 1060 g/mol. The molecule has 0 bridgehead atoms. The molecule has 0 saturated carbocycles. The molecule has 67 heavy (non-hydrogen) atoms. The zero-order valence-corrected chi connectivity index (χ0v) is 43.9. The third kappa shape index (κ3) is 7.38. The van der Waals surface area contributed by atoms with Crippen LogP contribution in [0.1, 0.15) is 150 Å². The van der Waals surface area contributed by atoms with Gasteiger partial charge < -0.3 is 9.80 Å². The van der Waals surface area contributed by atoms with E-state index in [1.54, 1.807) is 0 Å². The second-order valence-electron chi connectivity index (χ2n) is 23.2. The van der Waals surface area contributed by atoms with Crippen LogP contribution in [0.4, 0.5) is 5.69 Å². The Bertz CT molecular complexity index is 2950. The van der Waals surface area contributed by atoms with E-state index in [-0.39, 0.29) is 42.7 Å². The van der Waals surface area contributed by atoms with E-state index >= 15 is 0 Å². The summed E-state index contributed by atoms with van der Waals surface area (Å²) in [5, 5.41) is 0. The number of anilines is 1. The summed E-state index contributed by atoms with van der Waals surface area (Å²) in [7, 11) is 2.07. The topological polar surface area (TPSA) is 19.4 Å². The van der Waals surface area contributed by atoms with E-state index in [0.29, 0.717) is 0 Å². The predicted octanol–water partition coefficient (Wildman–Crippen LogP) is 14.9. The van der Waals surface area contributed by atoms with E-state index in [0.717, 1.165) is 28.2 Å². The molecule has 0 atom stereocenters. The van der Waals surface area contributed by atoms with Gasteiger partial charge in [-0.2, -0.15) is 61.3 Å². The molecule has 0 spiro atoms. The monoisotopic (exact) mass is 1060 g/mol. The molecule has 0 unspecified atom stereocenters. The van der Waals surface area contributed by atoms with Crippen LogP contribution >= 0.6 is 0 Å². The summed E-state index contributed by atoms with van der Waals surface area (Å²) in [4.78, 5) is 10.5. The van der Waals surface area contributed by atoms with Crippen LogP contribution < -0.4 is 4.90 Å². The third-order valence-electron chi connectivity index (χ3n) is 14.6. The molecule has 0 radical (unpaired) electrons. The van der Waals surface area contributed by atoms with Gasteiger partial charge in [0.05, 0.1) is 22.2 Å². The summed E-state index contributed by atoms with van der Waals surface area (Å²) >= 11 is 0. The molecule has 0 amide bonds. The maximum absolute atomic E-state index is 6.25. The van der Waals surface area contributed by atoms with Crippen molar-refractivity contribution in [2.75, 3.05) is 11.9 Å². The first-order chi connectivity index (χ1) is 31.1. The number of fused-ring (bicyclic) bond motifs is 6. The first-order valence-electron chi connectivity index (χ1n) is 23.8. The molecule has 7 aromatic rings. The molecule has 2 heterocycles. The van der Waals surface area contributed by atoms with Gasteiger partial charge in [-0.1, -0.05) is 162 Å². The molecule has 4 heteroatoms. The van der Waals surface area contributed by atoms with E-state index < -0.39 is 10.8 Å². The Balaban J connectivity index is 0.00000562. The molecule has 1 aromatic heterocycles. The van der Waals surface area contributed by atoms with Gasteiger partial charge in [0, 0.05) is 21.1 Å². The standard InChI is InChI=1S/C63H64N3.Pt/c1-58(2,3)42-25-29-48-49-30-26-43(59(4,5)6)37-53(49)62(52(48)36-42,41-19-15-14-16-20-41)56-23-18-24-57(64-56)63(46-21-17-22-47(35-46)66-34-33-65(13)40-66)54-38-44(60(7,8)9)27-31-50(54)51-32-28-45(39-55(51)63)61(10,11)12;/h14-19,21-34,36-40H,1-13H3;/q-3;. The van der Waals surface area contributed by atoms with E-state index in [4.69, 9.17) is 4.98 Å². The maximum atomic E-state index is 6.25. The van der Waals surface area contributed by atoms with Crippen LogP contribution in [0.2, 0.25) is 0 Å². The van der Waals surface area contributed by atoms with Gasteiger partial charge in [0.15, 0.2) is 0 Å². The molecule has 0 N–H and O–H groups in total. The fraction of sp³-hybridized carbons (Fsp3) is 0.302. The Kier molecular flexibility index (Phi) is 11.2. The number of hydrogen-bond acceptors (Lipinski definition) is 3. The second-order valence-corrected chi connectivity index (χ2v) is 23.2. The smallest absolute Gasteiger partial charge is 0.0663 e. The molecule has 10 rings (SSSR count). The zero-order chi connectivity index (χ0) is 46.8. The maximum Gasteiger partial charge on any atom is 0.0663 e. The van der Waals surface area contributed by atoms with Gasteiger partial charge in [0.2, 0.25) is 0 Å². The summed E-state index contributed by atoms with van der Waals surface area (Å²) in [5.74, 6) is 0. The van der Waals surface area contributed by atoms with Gasteiger partial charge in [0.1, 0.15) is 0 Å². The van der Waals surface area contributed by atoms with Crippen LogP contribution in [0.3, 0.4) is 0 Å². The summed E-state index contributed by atoms with van der Waals surface area (Å²) in [6.45, 7) is 29.9. The Morgan fingerprint density at radius 3 is 1.24 bits per heavy atom.